The first-order chi connectivity index (χ1) is 17.3. The molecule has 35 heavy (non-hydrogen) atoms. The molecule has 0 aromatic heterocycles. The summed E-state index contributed by atoms with van der Waals surface area (Å²) in [6.07, 6.45) is 41.3. The normalized spacial score (nSPS) is 15.3. The van der Waals surface area contributed by atoms with Crippen LogP contribution in [0.5, 0.6) is 0 Å². The van der Waals surface area contributed by atoms with Gasteiger partial charge in [0, 0.05) is 0 Å². The third kappa shape index (κ3) is 22.4. The quantitative estimate of drug-likeness (QED) is 0.0766. The fraction of sp³-hybridized carbons (Fsp3) is 0.970. The van der Waals surface area contributed by atoms with E-state index in [9.17, 15) is 4.79 Å². The van der Waals surface area contributed by atoms with E-state index in [4.69, 9.17) is 4.74 Å². The van der Waals surface area contributed by atoms with Crippen molar-refractivity contribution in [3.8, 4) is 0 Å². The smallest absolute Gasteiger partial charge is 0.312 e. The van der Waals surface area contributed by atoms with Crippen LogP contribution in [-0.4, -0.2) is 12.6 Å². The molecule has 208 valence electrons. The minimum absolute atomic E-state index is 0.0371. The molecular weight excluding hydrogens is 428 g/mol. The third-order valence-corrected chi connectivity index (χ3v) is 8.17. The number of carbonyl (C=O) groups excluding carboxylic acids is 1. The molecular formula is C33H64O2. The molecule has 0 radical (unpaired) electrons. The summed E-state index contributed by atoms with van der Waals surface area (Å²) in [7, 11) is 0. The predicted molar refractivity (Wildman–Crippen MR) is 154 cm³/mol. The van der Waals surface area contributed by atoms with E-state index in [2.05, 4.69) is 6.92 Å². The van der Waals surface area contributed by atoms with Crippen LogP contribution in [0, 0.1) is 5.92 Å². The Kier molecular flexibility index (Phi) is 24.6. The van der Waals surface area contributed by atoms with Gasteiger partial charge in [0.1, 0.15) is 6.61 Å². The molecule has 0 amide bonds. The van der Waals surface area contributed by atoms with Gasteiger partial charge in [-0.3, -0.25) is 4.79 Å². The van der Waals surface area contributed by atoms with E-state index < -0.39 is 0 Å². The van der Waals surface area contributed by atoms with Gasteiger partial charge in [-0.05, 0) is 6.42 Å². The molecule has 0 aromatic carbocycles. The Bertz CT molecular complexity index is 433. The maximum absolute atomic E-state index is 11.1. The van der Waals surface area contributed by atoms with Gasteiger partial charge in [0.05, 0.1) is 5.92 Å². The van der Waals surface area contributed by atoms with Gasteiger partial charge in [0.2, 0.25) is 0 Å². The van der Waals surface area contributed by atoms with Crippen molar-refractivity contribution in [2.24, 2.45) is 5.92 Å². The summed E-state index contributed by atoms with van der Waals surface area (Å²) in [5, 5.41) is 0. The molecule has 2 nitrogen and oxygen atoms in total. The number of ether oxygens (including phenoxy) is 1. The molecule has 1 saturated heterocycles. The van der Waals surface area contributed by atoms with Crippen LogP contribution in [-0.2, 0) is 9.53 Å². The van der Waals surface area contributed by atoms with Crippen LogP contribution in [0.2, 0.25) is 0 Å². The van der Waals surface area contributed by atoms with Crippen molar-refractivity contribution in [1.82, 2.24) is 0 Å². The van der Waals surface area contributed by atoms with Gasteiger partial charge >= 0.3 is 5.97 Å². The molecule has 1 aliphatic rings. The highest BCUT2D eigenvalue weighted by Gasteiger charge is 2.29. The van der Waals surface area contributed by atoms with Gasteiger partial charge < -0.3 is 4.74 Å². The second kappa shape index (κ2) is 26.5. The Labute approximate surface area is 221 Å². The first kappa shape index (κ1) is 32.5. The Balaban J connectivity index is 1.60. The Morgan fingerprint density at radius 2 is 0.714 bits per heavy atom. The number of esters is 1. The van der Waals surface area contributed by atoms with Crippen LogP contribution >= 0.6 is 0 Å². The molecule has 0 N–H and O–H groups in total. The number of hydrogen-bond donors (Lipinski definition) is 0. The molecule has 1 unspecified atom stereocenters. The van der Waals surface area contributed by atoms with Crippen LogP contribution in [0.15, 0.2) is 0 Å². The Morgan fingerprint density at radius 1 is 0.457 bits per heavy atom. The molecule has 0 spiro atoms. The number of hydrogen-bond acceptors (Lipinski definition) is 2. The molecule has 0 aromatic rings. The van der Waals surface area contributed by atoms with Crippen molar-refractivity contribution in [2.75, 3.05) is 6.61 Å². The molecule has 1 rings (SSSR count). The third-order valence-electron chi connectivity index (χ3n) is 8.17. The lowest BCUT2D eigenvalue weighted by Gasteiger charge is -2.24. The zero-order chi connectivity index (χ0) is 25.1. The van der Waals surface area contributed by atoms with Crippen LogP contribution in [0.3, 0.4) is 0 Å². The lowest BCUT2D eigenvalue weighted by molar-refractivity contribution is -0.169. The predicted octanol–water partition coefficient (Wildman–Crippen LogP) is 11.5. The van der Waals surface area contributed by atoms with Gasteiger partial charge in [0.25, 0.3) is 0 Å². The summed E-state index contributed by atoms with van der Waals surface area (Å²) in [6.45, 7) is 2.98. The van der Waals surface area contributed by atoms with Crippen LogP contribution in [0.1, 0.15) is 193 Å². The van der Waals surface area contributed by atoms with E-state index in [1.807, 2.05) is 0 Å². The second-order valence-corrected chi connectivity index (χ2v) is 11.7. The maximum Gasteiger partial charge on any atom is 0.312 e. The standard InChI is InChI=1S/C33H64O2/c1-2-3-4-5-6-7-8-9-10-11-12-13-14-15-16-17-18-19-20-21-22-23-24-25-26-27-28-29-30-32-31-35-33(32)34/h32H,2-31H2,1H3. The van der Waals surface area contributed by atoms with Crippen molar-refractivity contribution in [3.63, 3.8) is 0 Å². The first-order valence-electron chi connectivity index (χ1n) is 16.5. The average Bonchev–Trinajstić information content (AvgIpc) is 2.86. The highest BCUT2D eigenvalue weighted by atomic mass is 16.6. The Morgan fingerprint density at radius 3 is 0.914 bits per heavy atom. The Hall–Kier alpha value is -0.530. The van der Waals surface area contributed by atoms with E-state index >= 15 is 0 Å². The molecule has 0 saturated carbocycles. The van der Waals surface area contributed by atoms with Gasteiger partial charge in [-0.25, -0.2) is 0 Å². The van der Waals surface area contributed by atoms with Crippen LogP contribution < -0.4 is 0 Å². The molecule has 1 heterocycles. The number of cyclic esters (lactones) is 1. The number of unbranched alkanes of at least 4 members (excludes halogenated alkanes) is 27. The van der Waals surface area contributed by atoms with E-state index in [1.54, 1.807) is 0 Å². The SMILES string of the molecule is CCCCCCCCCCCCCCCCCCCCCCCCCCCCCCC1COC1=O. The van der Waals surface area contributed by atoms with E-state index in [0.717, 1.165) is 6.42 Å². The summed E-state index contributed by atoms with van der Waals surface area (Å²) in [4.78, 5) is 11.1. The first-order valence-corrected chi connectivity index (χ1v) is 16.5. The maximum atomic E-state index is 11.1. The molecule has 2 heteroatoms. The van der Waals surface area contributed by atoms with Gasteiger partial charge in [-0.2, -0.15) is 0 Å². The van der Waals surface area contributed by atoms with Crippen molar-refractivity contribution in [3.05, 3.63) is 0 Å². The van der Waals surface area contributed by atoms with Gasteiger partial charge in [-0.15, -0.1) is 0 Å². The van der Waals surface area contributed by atoms with E-state index in [0.29, 0.717) is 6.61 Å². The van der Waals surface area contributed by atoms with Gasteiger partial charge in [-0.1, -0.05) is 187 Å². The molecule has 0 aliphatic carbocycles. The summed E-state index contributed by atoms with van der Waals surface area (Å²) in [5.41, 5.74) is 0. The second-order valence-electron chi connectivity index (χ2n) is 11.7. The summed E-state index contributed by atoms with van der Waals surface area (Å²) in [6, 6.07) is 0. The molecule has 0 bridgehead atoms. The summed E-state index contributed by atoms with van der Waals surface area (Å²) < 4.78 is 4.82. The zero-order valence-electron chi connectivity index (χ0n) is 24.1. The lowest BCUT2D eigenvalue weighted by Crippen LogP contribution is -2.34. The lowest BCUT2D eigenvalue weighted by atomic mass is 9.98. The van der Waals surface area contributed by atoms with Crippen LogP contribution in [0.25, 0.3) is 0 Å². The van der Waals surface area contributed by atoms with Crippen molar-refractivity contribution in [2.45, 2.75) is 193 Å². The van der Waals surface area contributed by atoms with E-state index in [1.165, 1.54) is 180 Å². The fourth-order valence-electron chi connectivity index (χ4n) is 5.53. The monoisotopic (exact) mass is 492 g/mol. The fourth-order valence-corrected chi connectivity index (χ4v) is 5.53. The largest absolute Gasteiger partial charge is 0.464 e. The highest BCUT2D eigenvalue weighted by molar-refractivity contribution is 5.77. The van der Waals surface area contributed by atoms with Crippen molar-refractivity contribution >= 4 is 5.97 Å². The van der Waals surface area contributed by atoms with E-state index in [-0.39, 0.29) is 11.9 Å². The number of carbonyl (C=O) groups is 1. The average molecular weight is 493 g/mol. The topological polar surface area (TPSA) is 26.3 Å². The minimum atomic E-state index is 0.0371. The van der Waals surface area contributed by atoms with Crippen molar-refractivity contribution < 1.29 is 9.53 Å². The molecule has 1 aliphatic heterocycles. The highest BCUT2D eigenvalue weighted by Crippen LogP contribution is 2.21. The zero-order valence-corrected chi connectivity index (χ0v) is 24.1. The number of rotatable bonds is 29. The molecule has 1 fully saturated rings. The minimum Gasteiger partial charge on any atom is -0.464 e. The summed E-state index contributed by atoms with van der Waals surface area (Å²) >= 11 is 0. The van der Waals surface area contributed by atoms with Gasteiger partial charge in [0.15, 0.2) is 0 Å². The van der Waals surface area contributed by atoms with Crippen molar-refractivity contribution in [1.29, 1.82) is 0 Å². The van der Waals surface area contributed by atoms with Crippen LogP contribution in [0.4, 0.5) is 0 Å². The molecule has 1 atom stereocenters. The summed E-state index contributed by atoms with van der Waals surface area (Å²) in [5.74, 6) is 0.272.